The first-order valence-corrected chi connectivity index (χ1v) is 17.4. The third-order valence-corrected chi connectivity index (χ3v) is 10.0. The third kappa shape index (κ3) is 9.50. The van der Waals surface area contributed by atoms with Crippen molar-refractivity contribution >= 4 is 47.4 Å². The van der Waals surface area contributed by atoms with Gasteiger partial charge in [0.05, 0.1) is 12.6 Å². The van der Waals surface area contributed by atoms with E-state index >= 15 is 0 Å². The van der Waals surface area contributed by atoms with Crippen LogP contribution in [-0.4, -0.2) is 51.1 Å². The van der Waals surface area contributed by atoms with E-state index in [1.165, 1.54) is 12.1 Å². The molecule has 266 valence electrons. The molecular formula is C37H32FN4O9P. The second-order valence-corrected chi connectivity index (χ2v) is 13.7. The van der Waals surface area contributed by atoms with Crippen LogP contribution in [0.1, 0.15) is 12.0 Å². The fraction of sp³-hybridized carbons (Fsp3) is 0.135. The van der Waals surface area contributed by atoms with Crippen molar-refractivity contribution < 1.29 is 42.5 Å². The first kappa shape index (κ1) is 37.0. The van der Waals surface area contributed by atoms with Gasteiger partial charge in [-0.2, -0.15) is 0 Å². The van der Waals surface area contributed by atoms with Crippen LogP contribution in [-0.2, 0) is 41.4 Å². The van der Waals surface area contributed by atoms with Gasteiger partial charge >= 0.3 is 12.1 Å². The molecular weight excluding hydrogens is 694 g/mol. The fourth-order valence-corrected chi connectivity index (χ4v) is 7.06. The number of benzene rings is 4. The molecule has 0 saturated carbocycles. The number of nitrogens with one attached hydrogen (secondary N) is 2. The molecule has 0 aliphatic carbocycles. The minimum Gasteiger partial charge on any atom is -0.481 e. The number of hydrogen-bond acceptors (Lipinski definition) is 9. The van der Waals surface area contributed by atoms with Gasteiger partial charge in [0.2, 0.25) is 5.91 Å². The van der Waals surface area contributed by atoms with Gasteiger partial charge in [-0.3, -0.25) is 33.6 Å². The summed E-state index contributed by atoms with van der Waals surface area (Å²) in [5, 5.41) is 14.8. The molecule has 52 heavy (non-hydrogen) atoms. The number of rotatable bonds is 15. The Morgan fingerprint density at radius 1 is 0.846 bits per heavy atom. The van der Waals surface area contributed by atoms with Gasteiger partial charge in [0.15, 0.2) is 5.78 Å². The zero-order chi connectivity index (χ0) is 37.1. The summed E-state index contributed by atoms with van der Waals surface area (Å²) in [6.45, 7) is -1.73. The monoisotopic (exact) mass is 726 g/mol. The van der Waals surface area contributed by atoms with Crippen LogP contribution in [0.2, 0.25) is 0 Å². The molecule has 0 saturated heterocycles. The summed E-state index contributed by atoms with van der Waals surface area (Å²) in [6, 6.07) is 28.3. The Morgan fingerprint density at radius 3 is 2.00 bits per heavy atom. The van der Waals surface area contributed by atoms with Crippen molar-refractivity contribution in [3.8, 4) is 11.4 Å². The Labute approximate surface area is 296 Å². The molecule has 1 atom stereocenters. The number of aromatic nitrogens is 2. The highest BCUT2D eigenvalue weighted by Crippen LogP contribution is 2.44. The van der Waals surface area contributed by atoms with Crippen LogP contribution in [0, 0.1) is 5.82 Å². The molecule has 5 aromatic rings. The van der Waals surface area contributed by atoms with E-state index in [2.05, 4.69) is 15.6 Å². The molecule has 13 nitrogen and oxygen atoms in total. The van der Waals surface area contributed by atoms with E-state index in [9.17, 15) is 38.0 Å². The van der Waals surface area contributed by atoms with E-state index < -0.39 is 68.1 Å². The van der Waals surface area contributed by atoms with E-state index in [1.54, 1.807) is 91.0 Å². The van der Waals surface area contributed by atoms with Gasteiger partial charge < -0.3 is 19.7 Å². The molecule has 1 aromatic heterocycles. The number of Topliss-reactive ketones (excluding diaryl/α,β-unsaturated/α-hetero) is 1. The molecule has 0 aliphatic rings. The zero-order valence-electron chi connectivity index (χ0n) is 27.4. The van der Waals surface area contributed by atoms with Crippen molar-refractivity contribution in [2.45, 2.75) is 25.6 Å². The normalized spacial score (nSPS) is 11.6. The van der Waals surface area contributed by atoms with Gasteiger partial charge in [0, 0.05) is 16.2 Å². The van der Waals surface area contributed by atoms with Crippen molar-refractivity contribution in [1.29, 1.82) is 0 Å². The lowest BCUT2D eigenvalue weighted by atomic mass is 10.1. The van der Waals surface area contributed by atoms with Crippen LogP contribution in [0.3, 0.4) is 0 Å². The van der Waals surface area contributed by atoms with Crippen molar-refractivity contribution in [3.63, 3.8) is 0 Å². The number of carboxylic acids is 1. The topological polar surface area (TPSA) is 183 Å². The lowest BCUT2D eigenvalue weighted by molar-refractivity contribution is -0.140. The maximum absolute atomic E-state index is 14.2. The highest BCUT2D eigenvalue weighted by molar-refractivity contribution is 7.74. The number of amides is 2. The number of carboxylic acid groups (broad SMARTS) is 1. The third-order valence-electron chi connectivity index (χ3n) is 7.58. The van der Waals surface area contributed by atoms with E-state index in [0.29, 0.717) is 16.2 Å². The minimum atomic E-state index is -3.84. The number of carbonyl (C=O) groups is 4. The van der Waals surface area contributed by atoms with Crippen LogP contribution in [0.4, 0.5) is 14.9 Å². The average molecular weight is 727 g/mol. The molecule has 0 spiro atoms. The van der Waals surface area contributed by atoms with Gasteiger partial charge in [0.25, 0.3) is 12.9 Å². The molecule has 3 N–H and O–H groups in total. The van der Waals surface area contributed by atoms with E-state index in [0.717, 1.165) is 22.9 Å². The van der Waals surface area contributed by atoms with Crippen LogP contribution in [0.5, 0.6) is 0 Å². The van der Waals surface area contributed by atoms with Crippen molar-refractivity contribution in [3.05, 3.63) is 143 Å². The Kier molecular flexibility index (Phi) is 12.2. The van der Waals surface area contributed by atoms with Crippen LogP contribution >= 0.6 is 7.37 Å². The quantitative estimate of drug-likeness (QED) is 0.132. The number of ether oxygens (including phenoxy) is 1. The number of ketones is 1. The number of aliphatic carboxylic acids is 1. The van der Waals surface area contributed by atoms with Crippen LogP contribution in [0.15, 0.2) is 126 Å². The van der Waals surface area contributed by atoms with E-state index in [-0.39, 0.29) is 23.7 Å². The molecule has 2 amide bonds. The standard InChI is InChI=1S/C37H32FN4O9P/c38-27-18-16-26(17-19-27)35-39-21-31(41-37(48)50-23-25-10-4-1-5-11-25)36(47)42(35)22-33(44)40-30(20-34(45)46)32(43)24-51-52(49,28-12-6-2-7-13-28)29-14-8-3-9-15-29/h1-19,21,30H,20,22-24H2,(H,40,44)(H,41,48)(H,45,46)/t30-/m0/s1. The van der Waals surface area contributed by atoms with Gasteiger partial charge in [-0.05, 0) is 54.1 Å². The molecule has 0 aliphatic heterocycles. The number of nitrogens with zero attached hydrogens (tertiary/aromatic N) is 2. The largest absolute Gasteiger partial charge is 0.481 e. The first-order chi connectivity index (χ1) is 25.0. The fourth-order valence-electron chi connectivity index (χ4n) is 5.03. The average Bonchev–Trinajstić information content (AvgIpc) is 3.15. The van der Waals surface area contributed by atoms with Crippen LogP contribution in [0.25, 0.3) is 11.4 Å². The number of halogens is 1. The van der Waals surface area contributed by atoms with E-state index in [4.69, 9.17) is 9.26 Å². The SMILES string of the molecule is O=C(O)C[C@H](NC(=O)Cn1c(-c2ccc(F)cc2)ncc(NC(=O)OCc2ccccc2)c1=O)C(=O)COP(=O)(c1ccccc1)c1ccccc1. The summed E-state index contributed by atoms with van der Waals surface area (Å²) in [7, 11) is -3.84. The molecule has 1 heterocycles. The molecule has 0 bridgehead atoms. The van der Waals surface area contributed by atoms with Gasteiger partial charge in [0.1, 0.15) is 43.1 Å². The molecule has 5 rings (SSSR count). The van der Waals surface area contributed by atoms with Crippen molar-refractivity contribution in [2.75, 3.05) is 11.9 Å². The number of carbonyl (C=O) groups excluding carboxylic acids is 3. The van der Waals surface area contributed by atoms with Crippen molar-refractivity contribution in [1.82, 2.24) is 14.9 Å². The smallest absolute Gasteiger partial charge is 0.412 e. The maximum Gasteiger partial charge on any atom is 0.412 e. The predicted molar refractivity (Wildman–Crippen MR) is 189 cm³/mol. The lowest BCUT2D eigenvalue weighted by Crippen LogP contribution is -2.46. The predicted octanol–water partition coefficient (Wildman–Crippen LogP) is 4.27. The minimum absolute atomic E-state index is 0.0977. The second kappa shape index (κ2) is 17.1. The summed E-state index contributed by atoms with van der Waals surface area (Å²) < 4.78 is 39.7. The summed E-state index contributed by atoms with van der Waals surface area (Å²) in [4.78, 5) is 69.0. The van der Waals surface area contributed by atoms with Crippen LogP contribution < -0.4 is 26.8 Å². The lowest BCUT2D eigenvalue weighted by Gasteiger charge is -2.21. The molecule has 0 unspecified atom stereocenters. The number of anilines is 1. The Bertz CT molecular complexity index is 2110. The Hall–Kier alpha value is -6.24. The Morgan fingerprint density at radius 2 is 1.42 bits per heavy atom. The highest BCUT2D eigenvalue weighted by atomic mass is 31.2. The maximum atomic E-state index is 14.2. The van der Waals surface area contributed by atoms with Gasteiger partial charge in [-0.1, -0.05) is 66.7 Å². The Balaban J connectivity index is 1.36. The highest BCUT2D eigenvalue weighted by Gasteiger charge is 2.32. The summed E-state index contributed by atoms with van der Waals surface area (Å²) in [5.74, 6) is -3.98. The number of hydrogen-bond donors (Lipinski definition) is 3. The molecule has 4 aromatic carbocycles. The summed E-state index contributed by atoms with van der Waals surface area (Å²) >= 11 is 0. The molecule has 0 radical (unpaired) electrons. The second-order valence-electron chi connectivity index (χ2n) is 11.3. The first-order valence-electron chi connectivity index (χ1n) is 15.8. The summed E-state index contributed by atoms with van der Waals surface area (Å²) in [6.07, 6.45) is -0.795. The van der Waals surface area contributed by atoms with Gasteiger partial charge in [-0.15, -0.1) is 0 Å². The van der Waals surface area contributed by atoms with Gasteiger partial charge in [-0.25, -0.2) is 14.2 Å². The van der Waals surface area contributed by atoms with E-state index in [1.807, 2.05) is 0 Å². The zero-order valence-corrected chi connectivity index (χ0v) is 28.3. The van der Waals surface area contributed by atoms with Crippen molar-refractivity contribution in [2.24, 2.45) is 0 Å². The summed E-state index contributed by atoms with van der Waals surface area (Å²) in [5.41, 5.74) is -0.345. The molecule has 15 heteroatoms. The molecule has 0 fully saturated rings.